The van der Waals surface area contributed by atoms with Crippen LogP contribution in [-0.2, 0) is 9.53 Å². The quantitative estimate of drug-likeness (QED) is 0.595. The number of rotatable bonds is 6. The van der Waals surface area contributed by atoms with Gasteiger partial charge in [-0.2, -0.15) is 0 Å². The van der Waals surface area contributed by atoms with Gasteiger partial charge in [0, 0.05) is 41.9 Å². The fourth-order valence-electron chi connectivity index (χ4n) is 5.57. The molecule has 4 unspecified atom stereocenters. The Kier molecular flexibility index (Phi) is 4.15. The lowest BCUT2D eigenvalue weighted by molar-refractivity contribution is -0.155. The third-order valence-electron chi connectivity index (χ3n) is 7.11. The molecule has 6 heteroatoms. The van der Waals surface area contributed by atoms with Crippen LogP contribution in [0.1, 0.15) is 17.9 Å². The molecule has 1 saturated carbocycles. The summed E-state index contributed by atoms with van der Waals surface area (Å²) in [5, 5.41) is 6.41. The van der Waals surface area contributed by atoms with E-state index >= 15 is 0 Å². The standard InChI is InChI=1S/C24H23FN2O2S/c25-15-4-3-5-16(10-15)26-11-18(19-13-30-22-7-2-1-6-17(19)22)23(28)29-24-14-27-9-8-20(24)21(24)12-27/h1-7,10,13,18,20-21,26H,8-9,11-12,14H2/t18?,20?,21?,24-/m1/s1. The van der Waals surface area contributed by atoms with Crippen molar-refractivity contribution in [3.05, 3.63) is 65.3 Å². The van der Waals surface area contributed by atoms with Crippen LogP contribution in [0.15, 0.2) is 53.9 Å². The maximum Gasteiger partial charge on any atom is 0.315 e. The molecule has 3 aromatic rings. The van der Waals surface area contributed by atoms with Crippen LogP contribution in [0.25, 0.3) is 10.1 Å². The van der Waals surface area contributed by atoms with Gasteiger partial charge < -0.3 is 10.1 Å². The van der Waals surface area contributed by atoms with E-state index in [4.69, 9.17) is 4.74 Å². The first kappa shape index (κ1) is 18.3. The van der Waals surface area contributed by atoms with Gasteiger partial charge in [-0.3, -0.25) is 9.69 Å². The molecule has 30 heavy (non-hydrogen) atoms. The van der Waals surface area contributed by atoms with Crippen molar-refractivity contribution in [2.24, 2.45) is 11.8 Å². The Balaban J connectivity index is 1.29. The van der Waals surface area contributed by atoms with Gasteiger partial charge in [-0.15, -0.1) is 11.3 Å². The van der Waals surface area contributed by atoms with E-state index in [9.17, 15) is 9.18 Å². The summed E-state index contributed by atoms with van der Waals surface area (Å²) < 4.78 is 21.0. The summed E-state index contributed by atoms with van der Waals surface area (Å²) in [7, 11) is 0. The number of nitrogens with one attached hydrogen (secondary N) is 1. The number of piperidine rings is 3. The van der Waals surface area contributed by atoms with Crippen molar-refractivity contribution in [2.75, 3.05) is 31.5 Å². The van der Waals surface area contributed by atoms with Gasteiger partial charge in [0.15, 0.2) is 0 Å². The second-order valence-electron chi connectivity index (χ2n) is 8.74. The first-order valence-corrected chi connectivity index (χ1v) is 11.4. The van der Waals surface area contributed by atoms with Gasteiger partial charge >= 0.3 is 5.97 Å². The first-order chi connectivity index (χ1) is 14.6. The SMILES string of the molecule is O=C(O[C@]12CN3CCC1C2C3)C(CNc1cccc(F)c1)c1csc2ccccc12. The predicted octanol–water partition coefficient (Wildman–Crippen LogP) is 4.48. The summed E-state index contributed by atoms with van der Waals surface area (Å²) >= 11 is 1.64. The molecule has 3 aliphatic heterocycles. The van der Waals surface area contributed by atoms with Crippen LogP contribution < -0.4 is 5.32 Å². The van der Waals surface area contributed by atoms with Crippen molar-refractivity contribution in [3.63, 3.8) is 0 Å². The van der Waals surface area contributed by atoms with Crippen LogP contribution in [0.5, 0.6) is 0 Å². The number of thiophene rings is 1. The van der Waals surface area contributed by atoms with E-state index in [0.29, 0.717) is 24.1 Å². The third kappa shape index (κ3) is 2.85. The minimum atomic E-state index is -0.436. The average Bonchev–Trinajstić information content (AvgIpc) is 3.04. The lowest BCUT2D eigenvalue weighted by atomic mass is 9.98. The molecule has 1 N–H and O–H groups in total. The van der Waals surface area contributed by atoms with E-state index in [-0.39, 0.29) is 17.4 Å². The molecule has 1 aromatic heterocycles. The Morgan fingerprint density at radius 1 is 1.27 bits per heavy atom. The van der Waals surface area contributed by atoms with Crippen molar-refractivity contribution in [1.29, 1.82) is 0 Å². The van der Waals surface area contributed by atoms with E-state index in [2.05, 4.69) is 27.7 Å². The third-order valence-corrected chi connectivity index (χ3v) is 8.09. The molecule has 2 aromatic carbocycles. The number of benzene rings is 2. The summed E-state index contributed by atoms with van der Waals surface area (Å²) in [6, 6.07) is 14.5. The molecule has 0 radical (unpaired) electrons. The Hall–Kier alpha value is -2.44. The number of hydrogen-bond donors (Lipinski definition) is 1. The molecule has 1 aliphatic carbocycles. The van der Waals surface area contributed by atoms with E-state index in [1.54, 1.807) is 17.4 Å². The first-order valence-electron chi connectivity index (χ1n) is 10.5. The second-order valence-corrected chi connectivity index (χ2v) is 9.66. The monoisotopic (exact) mass is 422 g/mol. The number of carbonyl (C=O) groups is 1. The van der Waals surface area contributed by atoms with Crippen molar-refractivity contribution in [2.45, 2.75) is 17.9 Å². The summed E-state index contributed by atoms with van der Waals surface area (Å²) in [6.45, 7) is 3.44. The smallest absolute Gasteiger partial charge is 0.315 e. The Morgan fingerprint density at radius 3 is 2.93 bits per heavy atom. The molecule has 7 rings (SSSR count). The molecule has 0 spiro atoms. The molecular weight excluding hydrogens is 399 g/mol. The van der Waals surface area contributed by atoms with Crippen molar-refractivity contribution < 1.29 is 13.9 Å². The van der Waals surface area contributed by atoms with Crippen LogP contribution >= 0.6 is 11.3 Å². The van der Waals surface area contributed by atoms with Crippen LogP contribution in [-0.4, -0.2) is 42.6 Å². The van der Waals surface area contributed by atoms with Gasteiger partial charge in [0.1, 0.15) is 17.3 Å². The molecular formula is C24H23FN2O2S. The van der Waals surface area contributed by atoms with E-state index in [1.807, 2.05) is 18.2 Å². The molecule has 4 heterocycles. The minimum absolute atomic E-state index is 0.168. The zero-order valence-electron chi connectivity index (χ0n) is 16.5. The summed E-state index contributed by atoms with van der Waals surface area (Å²) in [5.41, 5.74) is 1.39. The molecule has 4 aliphatic rings. The summed E-state index contributed by atoms with van der Waals surface area (Å²) in [5.74, 6) is 0.137. The number of ether oxygens (including phenoxy) is 1. The molecule has 4 bridgehead atoms. The molecule has 4 nitrogen and oxygen atoms in total. The highest BCUT2D eigenvalue weighted by Crippen LogP contribution is 2.63. The predicted molar refractivity (Wildman–Crippen MR) is 116 cm³/mol. The Bertz CT molecular complexity index is 1130. The van der Waals surface area contributed by atoms with Gasteiger partial charge in [-0.25, -0.2) is 4.39 Å². The number of esters is 1. The zero-order chi connectivity index (χ0) is 20.3. The number of fused-ring (bicyclic) bond motifs is 2. The zero-order valence-corrected chi connectivity index (χ0v) is 17.3. The fourth-order valence-corrected chi connectivity index (χ4v) is 6.59. The van der Waals surface area contributed by atoms with Gasteiger partial charge in [-0.05, 0) is 53.6 Å². The van der Waals surface area contributed by atoms with Crippen LogP contribution in [0.3, 0.4) is 0 Å². The Labute approximate surface area is 178 Å². The van der Waals surface area contributed by atoms with Gasteiger partial charge in [0.25, 0.3) is 0 Å². The molecule has 0 amide bonds. The molecule has 5 atom stereocenters. The van der Waals surface area contributed by atoms with E-state index in [1.165, 1.54) is 12.1 Å². The normalized spacial score (nSPS) is 29.6. The van der Waals surface area contributed by atoms with Crippen molar-refractivity contribution in [3.8, 4) is 0 Å². The Morgan fingerprint density at radius 2 is 2.17 bits per heavy atom. The summed E-state index contributed by atoms with van der Waals surface area (Å²) in [6.07, 6.45) is 1.13. The summed E-state index contributed by atoms with van der Waals surface area (Å²) in [4.78, 5) is 15.9. The topological polar surface area (TPSA) is 41.6 Å². The lowest BCUT2D eigenvalue weighted by Gasteiger charge is -2.30. The fraction of sp³-hybridized carbons (Fsp3) is 0.375. The maximum absolute atomic E-state index is 13.6. The second kappa shape index (κ2) is 6.79. The number of anilines is 1. The van der Waals surface area contributed by atoms with Gasteiger partial charge in [-0.1, -0.05) is 24.3 Å². The highest BCUT2D eigenvalue weighted by molar-refractivity contribution is 7.17. The average molecular weight is 423 g/mol. The van der Waals surface area contributed by atoms with Crippen LogP contribution in [0.2, 0.25) is 0 Å². The van der Waals surface area contributed by atoms with E-state index in [0.717, 1.165) is 41.7 Å². The van der Waals surface area contributed by atoms with Crippen LogP contribution in [0.4, 0.5) is 10.1 Å². The van der Waals surface area contributed by atoms with Crippen LogP contribution in [0, 0.1) is 17.7 Å². The number of carbonyl (C=O) groups excluding carboxylic acids is 1. The highest BCUT2D eigenvalue weighted by atomic mass is 32.1. The largest absolute Gasteiger partial charge is 0.457 e. The number of nitrogens with zero attached hydrogens (tertiary/aromatic N) is 1. The minimum Gasteiger partial charge on any atom is -0.457 e. The maximum atomic E-state index is 13.6. The van der Waals surface area contributed by atoms with Gasteiger partial charge in [0.2, 0.25) is 0 Å². The van der Waals surface area contributed by atoms with Crippen molar-refractivity contribution >= 4 is 33.1 Å². The molecule has 4 fully saturated rings. The van der Waals surface area contributed by atoms with E-state index < -0.39 is 5.92 Å². The number of hydrogen-bond acceptors (Lipinski definition) is 5. The lowest BCUT2D eigenvalue weighted by Crippen LogP contribution is -2.40. The highest BCUT2D eigenvalue weighted by Gasteiger charge is 2.74. The number of halogens is 1. The molecule has 3 saturated heterocycles. The van der Waals surface area contributed by atoms with Crippen molar-refractivity contribution in [1.82, 2.24) is 4.90 Å². The molecule has 154 valence electrons. The van der Waals surface area contributed by atoms with Gasteiger partial charge in [0.05, 0.1) is 0 Å².